The summed E-state index contributed by atoms with van der Waals surface area (Å²) in [5, 5.41) is 8.45. The SMILES string of the molecule is Cl.N[C@H](C(=O)O)c1cc(F)cc(F)c1. The maximum absolute atomic E-state index is 12.6. The number of carbonyl (C=O) groups is 1. The Morgan fingerprint density at radius 2 is 1.71 bits per heavy atom. The molecule has 1 aromatic carbocycles. The van der Waals surface area contributed by atoms with Crippen molar-refractivity contribution < 1.29 is 18.7 Å². The molecule has 0 fully saturated rings. The molecule has 3 N–H and O–H groups in total. The topological polar surface area (TPSA) is 63.3 Å². The number of benzene rings is 1. The molecule has 1 rings (SSSR count). The van der Waals surface area contributed by atoms with Crippen LogP contribution in [-0.4, -0.2) is 11.1 Å². The van der Waals surface area contributed by atoms with Crippen LogP contribution >= 0.6 is 12.4 Å². The first-order chi connectivity index (χ1) is 6.00. The molecule has 0 unspecified atom stereocenters. The van der Waals surface area contributed by atoms with E-state index < -0.39 is 23.6 Å². The standard InChI is InChI=1S/C8H7F2NO2.ClH/c9-5-1-4(2-6(10)3-5)7(11)8(12)13;/h1-3,7H,11H2,(H,12,13);1H/t7-;/m0./s1. The van der Waals surface area contributed by atoms with Crippen molar-refractivity contribution in [2.45, 2.75) is 6.04 Å². The molecule has 0 aromatic heterocycles. The van der Waals surface area contributed by atoms with Gasteiger partial charge in [-0.3, -0.25) is 4.79 Å². The van der Waals surface area contributed by atoms with Gasteiger partial charge in [-0.05, 0) is 17.7 Å². The maximum Gasteiger partial charge on any atom is 0.325 e. The Balaban J connectivity index is 0.00000169. The van der Waals surface area contributed by atoms with Gasteiger partial charge in [-0.2, -0.15) is 0 Å². The van der Waals surface area contributed by atoms with E-state index in [9.17, 15) is 13.6 Å². The van der Waals surface area contributed by atoms with Crippen LogP contribution in [0.15, 0.2) is 18.2 Å². The lowest BCUT2D eigenvalue weighted by molar-refractivity contribution is -0.138. The Hall–Kier alpha value is -1.20. The van der Waals surface area contributed by atoms with Crippen LogP contribution in [0.5, 0.6) is 0 Å². The summed E-state index contributed by atoms with van der Waals surface area (Å²) in [6.45, 7) is 0. The molecule has 0 spiro atoms. The molecule has 0 saturated carbocycles. The van der Waals surface area contributed by atoms with Gasteiger partial charge in [-0.1, -0.05) is 0 Å². The largest absolute Gasteiger partial charge is 0.480 e. The average Bonchev–Trinajstić information content (AvgIpc) is 2.01. The van der Waals surface area contributed by atoms with Crippen LogP contribution in [-0.2, 0) is 4.79 Å². The molecule has 0 saturated heterocycles. The van der Waals surface area contributed by atoms with E-state index in [0.717, 1.165) is 12.1 Å². The first-order valence-electron chi connectivity index (χ1n) is 3.45. The van der Waals surface area contributed by atoms with Gasteiger partial charge in [0.05, 0.1) is 0 Å². The van der Waals surface area contributed by atoms with Crippen LogP contribution in [0.4, 0.5) is 8.78 Å². The molecule has 0 aliphatic carbocycles. The van der Waals surface area contributed by atoms with E-state index in [1.165, 1.54) is 0 Å². The summed E-state index contributed by atoms with van der Waals surface area (Å²) in [6, 6.07) is 1.03. The van der Waals surface area contributed by atoms with Crippen molar-refractivity contribution in [2.24, 2.45) is 5.73 Å². The summed E-state index contributed by atoms with van der Waals surface area (Å²) in [5.41, 5.74) is 5.05. The zero-order chi connectivity index (χ0) is 10.0. The van der Waals surface area contributed by atoms with Gasteiger partial charge in [-0.15, -0.1) is 12.4 Å². The fourth-order valence-corrected chi connectivity index (χ4v) is 0.897. The van der Waals surface area contributed by atoms with Crippen LogP contribution in [0, 0.1) is 11.6 Å². The van der Waals surface area contributed by atoms with Gasteiger partial charge in [0.2, 0.25) is 0 Å². The van der Waals surface area contributed by atoms with E-state index in [4.69, 9.17) is 10.8 Å². The van der Waals surface area contributed by atoms with Crippen molar-refractivity contribution in [1.82, 2.24) is 0 Å². The van der Waals surface area contributed by atoms with Crippen LogP contribution in [0.3, 0.4) is 0 Å². The molecule has 78 valence electrons. The number of rotatable bonds is 2. The van der Waals surface area contributed by atoms with Crippen molar-refractivity contribution in [3.63, 3.8) is 0 Å². The summed E-state index contributed by atoms with van der Waals surface area (Å²) < 4.78 is 25.1. The Labute approximate surface area is 84.9 Å². The minimum absolute atomic E-state index is 0. The van der Waals surface area contributed by atoms with Gasteiger partial charge >= 0.3 is 5.97 Å². The summed E-state index contributed by atoms with van der Waals surface area (Å²) in [5.74, 6) is -3.01. The summed E-state index contributed by atoms with van der Waals surface area (Å²) in [7, 11) is 0. The number of halogens is 3. The minimum atomic E-state index is -1.40. The molecule has 0 amide bonds. The minimum Gasteiger partial charge on any atom is -0.480 e. The maximum atomic E-state index is 12.6. The van der Waals surface area contributed by atoms with E-state index in [-0.39, 0.29) is 18.0 Å². The second-order valence-corrected chi connectivity index (χ2v) is 2.52. The van der Waals surface area contributed by atoms with Gasteiger partial charge in [0, 0.05) is 6.07 Å². The highest BCUT2D eigenvalue weighted by Crippen LogP contribution is 2.14. The lowest BCUT2D eigenvalue weighted by Gasteiger charge is -2.06. The van der Waals surface area contributed by atoms with Gasteiger partial charge in [-0.25, -0.2) is 8.78 Å². The van der Waals surface area contributed by atoms with E-state index in [1.807, 2.05) is 0 Å². The van der Waals surface area contributed by atoms with Crippen LogP contribution < -0.4 is 5.73 Å². The molecular formula is C8H8ClF2NO2. The van der Waals surface area contributed by atoms with E-state index in [2.05, 4.69) is 0 Å². The summed E-state index contributed by atoms with van der Waals surface area (Å²) in [4.78, 5) is 10.4. The fourth-order valence-electron chi connectivity index (χ4n) is 0.897. The van der Waals surface area contributed by atoms with Gasteiger partial charge in [0.1, 0.15) is 17.7 Å². The number of carboxylic acid groups (broad SMARTS) is 1. The second kappa shape index (κ2) is 4.88. The third-order valence-corrected chi connectivity index (χ3v) is 1.51. The molecule has 14 heavy (non-hydrogen) atoms. The Kier molecular flexibility index (Phi) is 4.46. The normalized spacial score (nSPS) is 11.6. The molecule has 6 heteroatoms. The van der Waals surface area contributed by atoms with Crippen molar-refractivity contribution in [3.05, 3.63) is 35.4 Å². The number of aliphatic carboxylic acids is 1. The predicted molar refractivity (Wildman–Crippen MR) is 48.2 cm³/mol. The first-order valence-corrected chi connectivity index (χ1v) is 3.45. The number of hydrogen-bond donors (Lipinski definition) is 2. The van der Waals surface area contributed by atoms with Crippen molar-refractivity contribution in [2.75, 3.05) is 0 Å². The fraction of sp³-hybridized carbons (Fsp3) is 0.125. The molecular weight excluding hydrogens is 216 g/mol. The van der Waals surface area contributed by atoms with Gasteiger partial charge < -0.3 is 10.8 Å². The van der Waals surface area contributed by atoms with Crippen LogP contribution in [0.25, 0.3) is 0 Å². The third-order valence-electron chi connectivity index (χ3n) is 1.51. The summed E-state index contributed by atoms with van der Waals surface area (Å²) >= 11 is 0. The van der Waals surface area contributed by atoms with Crippen LogP contribution in [0.2, 0.25) is 0 Å². The van der Waals surface area contributed by atoms with E-state index >= 15 is 0 Å². The van der Waals surface area contributed by atoms with Crippen molar-refractivity contribution >= 4 is 18.4 Å². The van der Waals surface area contributed by atoms with Crippen molar-refractivity contribution in [3.8, 4) is 0 Å². The molecule has 0 radical (unpaired) electrons. The van der Waals surface area contributed by atoms with Crippen LogP contribution in [0.1, 0.15) is 11.6 Å². The second-order valence-electron chi connectivity index (χ2n) is 2.52. The molecule has 1 atom stereocenters. The zero-order valence-electron chi connectivity index (χ0n) is 6.91. The molecule has 3 nitrogen and oxygen atoms in total. The smallest absolute Gasteiger partial charge is 0.325 e. The molecule has 0 aliphatic heterocycles. The quantitative estimate of drug-likeness (QED) is 0.798. The number of hydrogen-bond acceptors (Lipinski definition) is 2. The Bertz CT molecular complexity index is 326. The lowest BCUT2D eigenvalue weighted by Crippen LogP contribution is -2.20. The monoisotopic (exact) mass is 223 g/mol. The zero-order valence-corrected chi connectivity index (χ0v) is 7.72. The van der Waals surface area contributed by atoms with Gasteiger partial charge in [0.15, 0.2) is 0 Å². The molecule has 0 heterocycles. The van der Waals surface area contributed by atoms with Crippen molar-refractivity contribution in [1.29, 1.82) is 0 Å². The third kappa shape index (κ3) is 2.93. The summed E-state index contributed by atoms with van der Waals surface area (Å²) in [6.07, 6.45) is 0. The Morgan fingerprint density at radius 3 is 2.07 bits per heavy atom. The predicted octanol–water partition coefficient (Wildman–Crippen LogP) is 1.47. The molecule has 0 aliphatic rings. The molecule has 1 aromatic rings. The highest BCUT2D eigenvalue weighted by atomic mass is 35.5. The average molecular weight is 224 g/mol. The lowest BCUT2D eigenvalue weighted by atomic mass is 10.1. The highest BCUT2D eigenvalue weighted by molar-refractivity contribution is 5.85. The molecule has 0 bridgehead atoms. The Morgan fingerprint density at radius 1 is 1.29 bits per heavy atom. The van der Waals surface area contributed by atoms with Gasteiger partial charge in [0.25, 0.3) is 0 Å². The van der Waals surface area contributed by atoms with E-state index in [0.29, 0.717) is 6.07 Å². The number of carboxylic acids is 1. The highest BCUT2D eigenvalue weighted by Gasteiger charge is 2.15. The van der Waals surface area contributed by atoms with E-state index in [1.54, 1.807) is 0 Å². The number of nitrogens with two attached hydrogens (primary N) is 1. The first kappa shape index (κ1) is 12.8.